The molecule has 1 heterocycles. The zero-order valence-electron chi connectivity index (χ0n) is 12.1. The summed E-state index contributed by atoms with van der Waals surface area (Å²) in [6, 6.07) is 8.85. The molecule has 0 saturated carbocycles. The number of anilines is 1. The lowest BCUT2D eigenvalue weighted by molar-refractivity contribution is 0.192. The van der Waals surface area contributed by atoms with E-state index in [1.165, 1.54) is 49.4 Å². The van der Waals surface area contributed by atoms with Crippen molar-refractivity contribution in [3.05, 3.63) is 24.3 Å². The molecule has 0 bridgehead atoms. The Morgan fingerprint density at radius 3 is 2.95 bits per heavy atom. The molecule has 2 rings (SSSR count). The van der Waals surface area contributed by atoms with E-state index in [4.69, 9.17) is 4.74 Å². The molecule has 0 fully saturated rings. The Bertz CT molecular complexity index is 383. The van der Waals surface area contributed by atoms with Gasteiger partial charge in [0.05, 0.1) is 5.69 Å². The van der Waals surface area contributed by atoms with Crippen LogP contribution in [0.3, 0.4) is 0 Å². The fraction of sp³-hybridized carbons (Fsp3) is 0.625. The molecule has 19 heavy (non-hydrogen) atoms. The molecule has 0 aliphatic carbocycles. The van der Waals surface area contributed by atoms with E-state index >= 15 is 0 Å². The highest BCUT2D eigenvalue weighted by Crippen LogP contribution is 2.37. The molecule has 1 aromatic rings. The molecule has 1 unspecified atom stereocenters. The summed E-state index contributed by atoms with van der Waals surface area (Å²) in [6.45, 7) is 5.59. The van der Waals surface area contributed by atoms with Gasteiger partial charge in [0.1, 0.15) is 0 Å². The summed E-state index contributed by atoms with van der Waals surface area (Å²) in [4.78, 5) is 4.02. The van der Waals surface area contributed by atoms with E-state index in [1.807, 2.05) is 11.8 Å². The highest BCUT2D eigenvalue weighted by molar-refractivity contribution is 8.00. The molecule has 2 nitrogen and oxygen atoms in total. The van der Waals surface area contributed by atoms with Crippen LogP contribution in [0.5, 0.6) is 0 Å². The SMILES string of the molecule is COCCCCCN1CCC(C)Sc2ccccc21. The van der Waals surface area contributed by atoms with Gasteiger partial charge in [0.15, 0.2) is 0 Å². The smallest absolute Gasteiger partial charge is 0.0504 e. The molecule has 0 saturated heterocycles. The first-order valence-corrected chi connectivity index (χ1v) is 8.19. The maximum Gasteiger partial charge on any atom is 0.0504 e. The summed E-state index contributed by atoms with van der Waals surface area (Å²) in [7, 11) is 1.78. The van der Waals surface area contributed by atoms with Gasteiger partial charge in [-0.15, -0.1) is 11.8 Å². The van der Waals surface area contributed by atoms with Crippen molar-refractivity contribution >= 4 is 17.4 Å². The largest absolute Gasteiger partial charge is 0.385 e. The fourth-order valence-electron chi connectivity index (χ4n) is 2.51. The standard InChI is InChI=1S/C16H25NOS/c1-14-10-12-17(11-6-3-7-13-18-2)15-8-4-5-9-16(15)19-14/h4-5,8-9,14H,3,6-7,10-13H2,1-2H3. The number of fused-ring (bicyclic) bond motifs is 1. The Morgan fingerprint density at radius 1 is 1.26 bits per heavy atom. The molecule has 0 radical (unpaired) electrons. The molecule has 0 aromatic heterocycles. The molecule has 1 aliphatic rings. The number of hydrogen-bond acceptors (Lipinski definition) is 3. The van der Waals surface area contributed by atoms with Crippen molar-refractivity contribution in [1.82, 2.24) is 0 Å². The molecule has 0 spiro atoms. The summed E-state index contributed by atoms with van der Waals surface area (Å²) >= 11 is 2.02. The van der Waals surface area contributed by atoms with Crippen LogP contribution in [-0.2, 0) is 4.74 Å². The van der Waals surface area contributed by atoms with Gasteiger partial charge in [-0.2, -0.15) is 0 Å². The van der Waals surface area contributed by atoms with Crippen LogP contribution in [0.4, 0.5) is 5.69 Å². The summed E-state index contributed by atoms with van der Waals surface area (Å²) in [5.74, 6) is 0. The van der Waals surface area contributed by atoms with E-state index < -0.39 is 0 Å². The van der Waals surface area contributed by atoms with Crippen LogP contribution in [-0.4, -0.2) is 32.1 Å². The fourth-order valence-corrected chi connectivity index (χ4v) is 3.64. The van der Waals surface area contributed by atoms with Gasteiger partial charge in [0.2, 0.25) is 0 Å². The molecule has 0 amide bonds. The summed E-state index contributed by atoms with van der Waals surface area (Å²) in [5.41, 5.74) is 1.43. The maximum atomic E-state index is 5.11. The van der Waals surface area contributed by atoms with E-state index in [0.29, 0.717) is 0 Å². The van der Waals surface area contributed by atoms with Gasteiger partial charge < -0.3 is 9.64 Å². The van der Waals surface area contributed by atoms with Gasteiger partial charge in [-0.3, -0.25) is 0 Å². The van der Waals surface area contributed by atoms with Crippen molar-refractivity contribution < 1.29 is 4.74 Å². The van der Waals surface area contributed by atoms with Crippen LogP contribution in [0, 0.1) is 0 Å². The van der Waals surface area contributed by atoms with Crippen molar-refractivity contribution in [3.63, 3.8) is 0 Å². The lowest BCUT2D eigenvalue weighted by atomic mass is 10.2. The van der Waals surface area contributed by atoms with E-state index in [-0.39, 0.29) is 0 Å². The minimum atomic E-state index is 0.722. The van der Waals surface area contributed by atoms with Gasteiger partial charge in [-0.05, 0) is 37.8 Å². The molecular weight excluding hydrogens is 254 g/mol. The summed E-state index contributed by atoms with van der Waals surface area (Å²) < 4.78 is 5.11. The Balaban J connectivity index is 1.93. The maximum absolute atomic E-state index is 5.11. The zero-order chi connectivity index (χ0) is 13.5. The Labute approximate surface area is 121 Å². The summed E-state index contributed by atoms with van der Waals surface area (Å²) in [5, 5.41) is 0.722. The van der Waals surface area contributed by atoms with Crippen molar-refractivity contribution in [2.75, 3.05) is 31.7 Å². The number of nitrogens with zero attached hydrogens (tertiary/aromatic N) is 1. The molecule has 0 N–H and O–H groups in total. The Hall–Kier alpha value is -0.670. The van der Waals surface area contributed by atoms with Crippen molar-refractivity contribution in [2.45, 2.75) is 42.8 Å². The van der Waals surface area contributed by atoms with Crippen LogP contribution in [0.1, 0.15) is 32.6 Å². The van der Waals surface area contributed by atoms with Crippen LogP contribution >= 0.6 is 11.8 Å². The molecule has 1 aromatic carbocycles. The summed E-state index contributed by atoms with van der Waals surface area (Å²) in [6.07, 6.45) is 4.97. The van der Waals surface area contributed by atoms with Crippen molar-refractivity contribution in [2.24, 2.45) is 0 Å². The number of benzene rings is 1. The van der Waals surface area contributed by atoms with Crippen LogP contribution in [0.25, 0.3) is 0 Å². The first-order valence-electron chi connectivity index (χ1n) is 7.31. The van der Waals surface area contributed by atoms with E-state index in [1.54, 1.807) is 7.11 Å². The Morgan fingerprint density at radius 2 is 2.11 bits per heavy atom. The van der Waals surface area contributed by atoms with Crippen molar-refractivity contribution in [1.29, 1.82) is 0 Å². The normalized spacial score (nSPS) is 19.1. The minimum absolute atomic E-state index is 0.722. The number of unbranched alkanes of at least 4 members (excludes halogenated alkanes) is 2. The lowest BCUT2D eigenvalue weighted by Gasteiger charge is -2.24. The molecule has 1 atom stereocenters. The van der Waals surface area contributed by atoms with Crippen LogP contribution < -0.4 is 4.90 Å². The average Bonchev–Trinajstić information content (AvgIpc) is 2.58. The van der Waals surface area contributed by atoms with Gasteiger partial charge in [-0.1, -0.05) is 19.1 Å². The number of methoxy groups -OCH3 is 1. The number of thioether (sulfide) groups is 1. The highest BCUT2D eigenvalue weighted by atomic mass is 32.2. The van der Waals surface area contributed by atoms with E-state index in [2.05, 4.69) is 36.1 Å². The van der Waals surface area contributed by atoms with Gasteiger partial charge in [-0.25, -0.2) is 0 Å². The minimum Gasteiger partial charge on any atom is -0.385 e. The third-order valence-electron chi connectivity index (χ3n) is 3.62. The second kappa shape index (κ2) is 7.81. The lowest BCUT2D eigenvalue weighted by Crippen LogP contribution is -2.26. The predicted octanol–water partition coefficient (Wildman–Crippen LogP) is 4.19. The third kappa shape index (κ3) is 4.43. The zero-order valence-corrected chi connectivity index (χ0v) is 12.9. The van der Waals surface area contributed by atoms with Crippen molar-refractivity contribution in [3.8, 4) is 0 Å². The number of rotatable bonds is 6. The van der Waals surface area contributed by atoms with Gasteiger partial charge in [0, 0.05) is 37.0 Å². The van der Waals surface area contributed by atoms with Gasteiger partial charge >= 0.3 is 0 Å². The topological polar surface area (TPSA) is 12.5 Å². The van der Waals surface area contributed by atoms with E-state index in [0.717, 1.165) is 11.9 Å². The third-order valence-corrected chi connectivity index (χ3v) is 4.85. The first kappa shape index (κ1) is 14.7. The van der Waals surface area contributed by atoms with Crippen LogP contribution in [0.15, 0.2) is 29.2 Å². The van der Waals surface area contributed by atoms with Crippen LogP contribution in [0.2, 0.25) is 0 Å². The number of para-hydroxylation sites is 1. The monoisotopic (exact) mass is 279 g/mol. The Kier molecular flexibility index (Phi) is 6.05. The van der Waals surface area contributed by atoms with E-state index in [9.17, 15) is 0 Å². The highest BCUT2D eigenvalue weighted by Gasteiger charge is 2.18. The second-order valence-corrected chi connectivity index (χ2v) is 6.71. The number of ether oxygens (including phenoxy) is 1. The second-order valence-electron chi connectivity index (χ2n) is 5.23. The molecule has 3 heteroatoms. The quantitative estimate of drug-likeness (QED) is 0.724. The molecule has 106 valence electrons. The predicted molar refractivity (Wildman–Crippen MR) is 84.3 cm³/mol. The van der Waals surface area contributed by atoms with Gasteiger partial charge in [0.25, 0.3) is 0 Å². The first-order chi connectivity index (χ1) is 9.31. The molecule has 1 aliphatic heterocycles. The number of hydrogen-bond donors (Lipinski definition) is 0. The average molecular weight is 279 g/mol. The molecular formula is C16H25NOS.